The van der Waals surface area contributed by atoms with Crippen molar-refractivity contribution in [2.45, 2.75) is 19.4 Å². The van der Waals surface area contributed by atoms with Crippen LogP contribution in [0.2, 0.25) is 0 Å². The normalized spacial score (nSPS) is 16.8. The van der Waals surface area contributed by atoms with Crippen molar-refractivity contribution < 1.29 is 9.53 Å². The molecule has 3 rings (SSSR count). The van der Waals surface area contributed by atoms with Gasteiger partial charge in [-0.1, -0.05) is 0 Å². The van der Waals surface area contributed by atoms with Gasteiger partial charge in [-0.25, -0.2) is 0 Å². The number of anilines is 2. The summed E-state index contributed by atoms with van der Waals surface area (Å²) in [6, 6.07) is 7.39. The molecule has 0 unspecified atom stereocenters. The number of carbonyl (C=O) groups excluding carboxylic acids is 1. The fourth-order valence-electron chi connectivity index (χ4n) is 2.35. The van der Waals surface area contributed by atoms with Crippen LogP contribution in [0.5, 0.6) is 5.75 Å². The van der Waals surface area contributed by atoms with Gasteiger partial charge in [0.25, 0.3) is 5.91 Å². The maximum Gasteiger partial charge on any atom is 0.270 e. The number of nitrogens with zero attached hydrogens (tertiary/aromatic N) is 2. The second-order valence-electron chi connectivity index (χ2n) is 5.37. The summed E-state index contributed by atoms with van der Waals surface area (Å²) >= 11 is 0. The van der Waals surface area contributed by atoms with Gasteiger partial charge in [0.1, 0.15) is 11.6 Å². The van der Waals surface area contributed by atoms with Gasteiger partial charge >= 0.3 is 0 Å². The van der Waals surface area contributed by atoms with E-state index in [0.29, 0.717) is 11.6 Å². The molecule has 2 aromatic rings. The van der Waals surface area contributed by atoms with Gasteiger partial charge in [-0.15, -0.1) is 0 Å². The Labute approximate surface area is 116 Å². The number of hydrogen-bond donors (Lipinski definition) is 2. The van der Waals surface area contributed by atoms with E-state index in [1.807, 2.05) is 18.2 Å². The summed E-state index contributed by atoms with van der Waals surface area (Å²) in [7, 11) is 1.75. The lowest BCUT2D eigenvalue weighted by molar-refractivity contribution is -0.132. The second kappa shape index (κ2) is 4.00. The van der Waals surface area contributed by atoms with Gasteiger partial charge in [-0.05, 0) is 32.0 Å². The van der Waals surface area contributed by atoms with Crippen LogP contribution in [-0.2, 0) is 4.79 Å². The standard InChI is InChI=1S/C14H16N4O2/c1-14(2)13(19)18(3)10-6-8(4-5-11(10)20-14)9-7-12(15)17-16-9/h4-7H,1-3H3,(H3,15,16,17). The molecule has 0 bridgehead atoms. The molecule has 0 atom stereocenters. The molecule has 3 N–H and O–H groups in total. The summed E-state index contributed by atoms with van der Waals surface area (Å²) in [5.41, 5.74) is 7.20. The number of nitrogens with two attached hydrogens (primary N) is 1. The van der Waals surface area contributed by atoms with Gasteiger partial charge in [-0.3, -0.25) is 9.89 Å². The molecule has 20 heavy (non-hydrogen) atoms. The topological polar surface area (TPSA) is 84.2 Å². The van der Waals surface area contributed by atoms with Gasteiger partial charge in [0.2, 0.25) is 0 Å². The van der Waals surface area contributed by atoms with Crippen LogP contribution in [0.15, 0.2) is 24.3 Å². The molecule has 104 valence electrons. The first-order valence-corrected chi connectivity index (χ1v) is 6.31. The molecule has 1 aliphatic heterocycles. The number of nitrogen functional groups attached to an aromatic ring is 1. The van der Waals surface area contributed by atoms with E-state index in [2.05, 4.69) is 10.2 Å². The average molecular weight is 272 g/mol. The number of fused-ring (bicyclic) bond motifs is 1. The molecule has 0 saturated heterocycles. The van der Waals surface area contributed by atoms with Gasteiger partial charge in [0.15, 0.2) is 5.60 Å². The maximum absolute atomic E-state index is 12.2. The van der Waals surface area contributed by atoms with E-state index < -0.39 is 5.60 Å². The first kappa shape index (κ1) is 12.5. The third-order valence-electron chi connectivity index (χ3n) is 3.41. The van der Waals surface area contributed by atoms with Crippen LogP contribution < -0.4 is 15.4 Å². The Bertz CT molecular complexity index is 690. The van der Waals surface area contributed by atoms with Crippen LogP contribution in [0.1, 0.15) is 13.8 Å². The molecule has 1 amide bonds. The van der Waals surface area contributed by atoms with Crippen molar-refractivity contribution in [3.63, 3.8) is 0 Å². The molecule has 0 radical (unpaired) electrons. The SMILES string of the molecule is CN1C(=O)C(C)(C)Oc2ccc(-c3cc(N)n[nH]3)cc21. The molecule has 1 aromatic heterocycles. The quantitative estimate of drug-likeness (QED) is 0.829. The number of aromatic nitrogens is 2. The summed E-state index contributed by atoms with van der Waals surface area (Å²) in [6.45, 7) is 3.52. The van der Waals surface area contributed by atoms with E-state index >= 15 is 0 Å². The molecule has 1 aromatic carbocycles. The number of amides is 1. The Hall–Kier alpha value is -2.50. The maximum atomic E-state index is 12.2. The first-order valence-electron chi connectivity index (χ1n) is 6.31. The fourth-order valence-corrected chi connectivity index (χ4v) is 2.35. The van der Waals surface area contributed by atoms with E-state index in [1.165, 1.54) is 0 Å². The zero-order valence-electron chi connectivity index (χ0n) is 11.6. The molecule has 1 aliphatic rings. The summed E-state index contributed by atoms with van der Waals surface area (Å²) in [4.78, 5) is 13.8. The Kier molecular flexibility index (Phi) is 2.50. The van der Waals surface area contributed by atoms with Crippen LogP contribution in [0.3, 0.4) is 0 Å². The molecule has 2 heterocycles. The number of H-pyrrole nitrogens is 1. The minimum Gasteiger partial charge on any atom is -0.476 e. The first-order chi connectivity index (χ1) is 9.38. The summed E-state index contributed by atoms with van der Waals surface area (Å²) in [5, 5.41) is 6.75. The Balaban J connectivity index is 2.08. The molecule has 6 nitrogen and oxygen atoms in total. The number of carbonyl (C=O) groups is 1. The van der Waals surface area contributed by atoms with E-state index in [4.69, 9.17) is 10.5 Å². The van der Waals surface area contributed by atoms with Crippen LogP contribution in [0, 0.1) is 0 Å². The number of aromatic amines is 1. The fraction of sp³-hybridized carbons (Fsp3) is 0.286. The highest BCUT2D eigenvalue weighted by Crippen LogP contribution is 2.39. The zero-order valence-corrected chi connectivity index (χ0v) is 11.6. The predicted octanol–water partition coefficient (Wildman–Crippen LogP) is 1.79. The summed E-state index contributed by atoms with van der Waals surface area (Å²) in [5.74, 6) is 1.04. The lowest BCUT2D eigenvalue weighted by atomic mass is 10.0. The monoisotopic (exact) mass is 272 g/mol. The molecular weight excluding hydrogens is 256 g/mol. The van der Waals surface area contributed by atoms with Crippen molar-refractivity contribution >= 4 is 17.4 Å². The van der Waals surface area contributed by atoms with Crippen molar-refractivity contribution in [1.82, 2.24) is 10.2 Å². The number of ether oxygens (including phenoxy) is 1. The highest BCUT2D eigenvalue weighted by molar-refractivity contribution is 6.02. The van der Waals surface area contributed by atoms with Crippen LogP contribution in [0.25, 0.3) is 11.3 Å². The Morgan fingerprint density at radius 2 is 2.10 bits per heavy atom. The molecule has 6 heteroatoms. The molecular formula is C14H16N4O2. The number of benzene rings is 1. The van der Waals surface area contributed by atoms with Gasteiger partial charge in [0.05, 0.1) is 11.4 Å². The lowest BCUT2D eigenvalue weighted by Gasteiger charge is -2.37. The van der Waals surface area contributed by atoms with Crippen molar-refractivity contribution in [3.8, 4) is 17.0 Å². The third-order valence-corrected chi connectivity index (χ3v) is 3.41. The third kappa shape index (κ3) is 1.80. The minimum absolute atomic E-state index is 0.0775. The number of rotatable bonds is 1. The number of hydrogen-bond acceptors (Lipinski definition) is 4. The Morgan fingerprint density at radius 3 is 2.75 bits per heavy atom. The molecule has 0 aliphatic carbocycles. The summed E-state index contributed by atoms with van der Waals surface area (Å²) in [6.07, 6.45) is 0. The molecule has 0 spiro atoms. The predicted molar refractivity (Wildman–Crippen MR) is 76.6 cm³/mol. The van der Waals surface area contributed by atoms with Crippen LogP contribution >= 0.6 is 0 Å². The van der Waals surface area contributed by atoms with Crippen LogP contribution in [0.4, 0.5) is 11.5 Å². The van der Waals surface area contributed by atoms with Crippen molar-refractivity contribution in [3.05, 3.63) is 24.3 Å². The number of nitrogens with one attached hydrogen (secondary N) is 1. The van der Waals surface area contributed by atoms with Gasteiger partial charge in [-0.2, -0.15) is 5.10 Å². The smallest absolute Gasteiger partial charge is 0.270 e. The molecule has 0 fully saturated rings. The van der Waals surface area contributed by atoms with E-state index in [9.17, 15) is 4.79 Å². The second-order valence-corrected chi connectivity index (χ2v) is 5.37. The zero-order chi connectivity index (χ0) is 14.5. The average Bonchev–Trinajstić information content (AvgIpc) is 2.82. The minimum atomic E-state index is -0.846. The lowest BCUT2D eigenvalue weighted by Crippen LogP contribution is -2.50. The largest absolute Gasteiger partial charge is 0.476 e. The number of likely N-dealkylation sites (N-methyl/N-ethyl adjacent to an activating group) is 1. The Morgan fingerprint density at radius 1 is 1.35 bits per heavy atom. The van der Waals surface area contributed by atoms with Crippen molar-refractivity contribution in [1.29, 1.82) is 0 Å². The van der Waals surface area contributed by atoms with Crippen molar-refractivity contribution in [2.75, 3.05) is 17.7 Å². The molecule has 0 saturated carbocycles. The highest BCUT2D eigenvalue weighted by Gasteiger charge is 2.39. The van der Waals surface area contributed by atoms with E-state index in [0.717, 1.165) is 16.9 Å². The van der Waals surface area contributed by atoms with Gasteiger partial charge in [0, 0.05) is 18.7 Å². The summed E-state index contributed by atoms with van der Waals surface area (Å²) < 4.78 is 5.76. The highest BCUT2D eigenvalue weighted by atomic mass is 16.5. The van der Waals surface area contributed by atoms with E-state index in [-0.39, 0.29) is 5.91 Å². The van der Waals surface area contributed by atoms with E-state index in [1.54, 1.807) is 31.9 Å². The van der Waals surface area contributed by atoms with Crippen LogP contribution in [-0.4, -0.2) is 28.8 Å². The van der Waals surface area contributed by atoms with Crippen molar-refractivity contribution in [2.24, 2.45) is 0 Å². The van der Waals surface area contributed by atoms with Gasteiger partial charge < -0.3 is 15.4 Å².